The van der Waals surface area contributed by atoms with Gasteiger partial charge in [0.1, 0.15) is 0 Å². The summed E-state index contributed by atoms with van der Waals surface area (Å²) in [5.41, 5.74) is -0.417. The SMILES string of the molecule is CC(C)(CO)NCC(O)CN(CCO)CCO. The molecule has 0 amide bonds. The molecule has 0 rings (SSSR count). The smallest absolute Gasteiger partial charge is 0.0791 e. The highest BCUT2D eigenvalue weighted by Crippen LogP contribution is 2.00. The van der Waals surface area contributed by atoms with Crippen LogP contribution in [0, 0.1) is 0 Å². The highest BCUT2D eigenvalue weighted by molar-refractivity contribution is 4.78. The lowest BCUT2D eigenvalue weighted by atomic mass is 10.1. The molecule has 0 bridgehead atoms. The van der Waals surface area contributed by atoms with Crippen molar-refractivity contribution < 1.29 is 20.4 Å². The molecular formula is C11H26N2O4. The van der Waals surface area contributed by atoms with Crippen LogP contribution in [0.5, 0.6) is 0 Å². The first kappa shape index (κ1) is 16.8. The summed E-state index contributed by atoms with van der Waals surface area (Å²) < 4.78 is 0. The number of hydrogen-bond donors (Lipinski definition) is 5. The van der Waals surface area contributed by atoms with Crippen molar-refractivity contribution in [2.75, 3.05) is 46.0 Å². The van der Waals surface area contributed by atoms with Crippen LogP contribution >= 0.6 is 0 Å². The molecule has 1 atom stereocenters. The zero-order valence-electron chi connectivity index (χ0n) is 10.8. The second-order valence-electron chi connectivity index (χ2n) is 4.82. The van der Waals surface area contributed by atoms with Crippen LogP contribution in [-0.2, 0) is 0 Å². The molecule has 6 nitrogen and oxygen atoms in total. The molecule has 1 unspecified atom stereocenters. The van der Waals surface area contributed by atoms with Gasteiger partial charge in [0.2, 0.25) is 0 Å². The van der Waals surface area contributed by atoms with Gasteiger partial charge in [-0.05, 0) is 13.8 Å². The number of hydrogen-bond acceptors (Lipinski definition) is 6. The molecule has 104 valence electrons. The number of aliphatic hydroxyl groups excluding tert-OH is 4. The van der Waals surface area contributed by atoms with Crippen molar-refractivity contribution >= 4 is 0 Å². The van der Waals surface area contributed by atoms with Crippen LogP contribution in [0.4, 0.5) is 0 Å². The minimum atomic E-state index is -0.598. The number of nitrogens with zero attached hydrogens (tertiary/aromatic N) is 1. The van der Waals surface area contributed by atoms with E-state index in [0.717, 1.165) is 0 Å². The van der Waals surface area contributed by atoms with Crippen molar-refractivity contribution in [3.8, 4) is 0 Å². The van der Waals surface area contributed by atoms with Crippen molar-refractivity contribution in [1.29, 1.82) is 0 Å². The Hall–Kier alpha value is -0.240. The maximum atomic E-state index is 9.78. The van der Waals surface area contributed by atoms with Crippen molar-refractivity contribution in [1.82, 2.24) is 10.2 Å². The van der Waals surface area contributed by atoms with Gasteiger partial charge in [-0.15, -0.1) is 0 Å². The Balaban J connectivity index is 3.92. The van der Waals surface area contributed by atoms with Gasteiger partial charge in [-0.25, -0.2) is 0 Å². The highest BCUT2D eigenvalue weighted by Gasteiger charge is 2.18. The number of β-amino-alcohol motifs (C(OH)–C–C–N with tert-alkyl or cyclic N) is 1. The zero-order valence-corrected chi connectivity index (χ0v) is 10.8. The van der Waals surface area contributed by atoms with Gasteiger partial charge < -0.3 is 25.7 Å². The molecule has 0 aliphatic carbocycles. The molecule has 0 radical (unpaired) electrons. The molecule has 17 heavy (non-hydrogen) atoms. The fourth-order valence-electron chi connectivity index (χ4n) is 1.39. The number of nitrogens with one attached hydrogen (secondary N) is 1. The Morgan fingerprint density at radius 3 is 2.06 bits per heavy atom. The number of rotatable bonds is 10. The van der Waals surface area contributed by atoms with Gasteiger partial charge in [0, 0.05) is 31.7 Å². The van der Waals surface area contributed by atoms with Gasteiger partial charge in [0.15, 0.2) is 0 Å². The van der Waals surface area contributed by atoms with Gasteiger partial charge >= 0.3 is 0 Å². The summed E-state index contributed by atoms with van der Waals surface area (Å²) >= 11 is 0. The molecule has 0 aromatic carbocycles. The van der Waals surface area contributed by atoms with Crippen LogP contribution in [0.25, 0.3) is 0 Å². The molecule has 0 heterocycles. The molecule has 0 aliphatic heterocycles. The van der Waals surface area contributed by atoms with Crippen molar-refractivity contribution in [2.45, 2.75) is 25.5 Å². The molecular weight excluding hydrogens is 224 g/mol. The van der Waals surface area contributed by atoms with Crippen LogP contribution < -0.4 is 5.32 Å². The quantitative estimate of drug-likeness (QED) is 0.308. The summed E-state index contributed by atoms with van der Waals surface area (Å²) in [6.45, 7) is 5.30. The van der Waals surface area contributed by atoms with E-state index in [9.17, 15) is 5.11 Å². The van der Waals surface area contributed by atoms with E-state index in [4.69, 9.17) is 15.3 Å². The molecule has 5 N–H and O–H groups in total. The molecule has 0 aromatic heterocycles. The van der Waals surface area contributed by atoms with Crippen LogP contribution in [0.3, 0.4) is 0 Å². The normalized spacial score (nSPS) is 14.3. The van der Waals surface area contributed by atoms with Crippen molar-refractivity contribution in [2.24, 2.45) is 0 Å². The van der Waals surface area contributed by atoms with Gasteiger partial charge in [0.05, 0.1) is 25.9 Å². The van der Waals surface area contributed by atoms with Gasteiger partial charge in [-0.1, -0.05) is 0 Å². The summed E-state index contributed by atoms with van der Waals surface area (Å²) in [6.07, 6.45) is -0.598. The second-order valence-corrected chi connectivity index (χ2v) is 4.82. The molecule has 6 heteroatoms. The Labute approximate surface area is 103 Å². The van der Waals surface area contributed by atoms with Crippen LogP contribution in [-0.4, -0.2) is 83.0 Å². The first-order valence-corrected chi connectivity index (χ1v) is 5.93. The molecule has 0 aliphatic rings. The van der Waals surface area contributed by atoms with Gasteiger partial charge in [-0.2, -0.15) is 0 Å². The third-order valence-electron chi connectivity index (χ3n) is 2.51. The predicted molar refractivity (Wildman–Crippen MR) is 65.8 cm³/mol. The average molecular weight is 250 g/mol. The molecule has 0 saturated heterocycles. The minimum absolute atomic E-state index is 0.00226. The number of aliphatic hydroxyl groups is 4. The van der Waals surface area contributed by atoms with Crippen molar-refractivity contribution in [3.63, 3.8) is 0 Å². The Morgan fingerprint density at radius 1 is 1.12 bits per heavy atom. The van der Waals surface area contributed by atoms with E-state index in [2.05, 4.69) is 5.32 Å². The van der Waals surface area contributed by atoms with E-state index in [0.29, 0.717) is 26.2 Å². The summed E-state index contributed by atoms with van der Waals surface area (Å²) in [6, 6.07) is 0. The first-order chi connectivity index (χ1) is 7.95. The fraction of sp³-hybridized carbons (Fsp3) is 1.00. The van der Waals surface area contributed by atoms with E-state index in [-0.39, 0.29) is 19.8 Å². The molecule has 0 spiro atoms. The third kappa shape index (κ3) is 8.48. The standard InChI is InChI=1S/C11H26N2O4/c1-11(2,9-16)12-7-10(17)8-13(3-5-14)4-6-15/h10,12,14-17H,3-9H2,1-2H3. The third-order valence-corrected chi connectivity index (χ3v) is 2.51. The molecule has 0 aromatic rings. The first-order valence-electron chi connectivity index (χ1n) is 5.93. The van der Waals surface area contributed by atoms with E-state index in [1.165, 1.54) is 0 Å². The summed E-state index contributed by atoms with van der Waals surface area (Å²) in [5.74, 6) is 0. The lowest BCUT2D eigenvalue weighted by Gasteiger charge is -2.28. The average Bonchev–Trinajstić information content (AvgIpc) is 2.27. The Bertz CT molecular complexity index is 184. The van der Waals surface area contributed by atoms with E-state index >= 15 is 0 Å². The summed E-state index contributed by atoms with van der Waals surface area (Å²) in [7, 11) is 0. The summed E-state index contributed by atoms with van der Waals surface area (Å²) in [4.78, 5) is 1.79. The van der Waals surface area contributed by atoms with Crippen molar-refractivity contribution in [3.05, 3.63) is 0 Å². The van der Waals surface area contributed by atoms with E-state index in [1.807, 2.05) is 13.8 Å². The van der Waals surface area contributed by atoms with Crippen LogP contribution in [0.2, 0.25) is 0 Å². The largest absolute Gasteiger partial charge is 0.395 e. The highest BCUT2D eigenvalue weighted by atomic mass is 16.3. The topological polar surface area (TPSA) is 96.2 Å². The maximum absolute atomic E-state index is 9.78. The van der Waals surface area contributed by atoms with Crippen LogP contribution in [0.15, 0.2) is 0 Å². The van der Waals surface area contributed by atoms with E-state index < -0.39 is 11.6 Å². The van der Waals surface area contributed by atoms with Gasteiger partial charge in [0.25, 0.3) is 0 Å². The monoisotopic (exact) mass is 250 g/mol. The minimum Gasteiger partial charge on any atom is -0.395 e. The Kier molecular flexibility index (Phi) is 8.67. The van der Waals surface area contributed by atoms with E-state index in [1.54, 1.807) is 4.90 Å². The molecule has 0 fully saturated rings. The van der Waals surface area contributed by atoms with Crippen LogP contribution in [0.1, 0.15) is 13.8 Å². The Morgan fingerprint density at radius 2 is 1.65 bits per heavy atom. The maximum Gasteiger partial charge on any atom is 0.0791 e. The van der Waals surface area contributed by atoms with Gasteiger partial charge in [-0.3, -0.25) is 4.90 Å². The fourth-order valence-corrected chi connectivity index (χ4v) is 1.39. The molecule has 0 saturated carbocycles. The lowest BCUT2D eigenvalue weighted by molar-refractivity contribution is 0.0775. The lowest BCUT2D eigenvalue weighted by Crippen LogP contribution is -2.48. The second kappa shape index (κ2) is 8.79. The summed E-state index contributed by atoms with van der Waals surface area (Å²) in [5, 5.41) is 39.5. The zero-order chi connectivity index (χ0) is 13.3. The predicted octanol–water partition coefficient (Wildman–Crippen LogP) is -2.01.